The number of carbonyl (C=O) groups is 2. The van der Waals surface area contributed by atoms with Gasteiger partial charge in [0.05, 0.1) is 24.7 Å². The van der Waals surface area contributed by atoms with Crippen molar-refractivity contribution in [2.45, 2.75) is 32.0 Å². The number of aliphatic hydroxyl groups is 1. The van der Waals surface area contributed by atoms with E-state index in [0.29, 0.717) is 0 Å². The van der Waals surface area contributed by atoms with Crippen molar-refractivity contribution in [3.8, 4) is 0 Å². The summed E-state index contributed by atoms with van der Waals surface area (Å²) >= 11 is 0. The number of fused-ring (bicyclic) bond motifs is 1. The highest BCUT2D eigenvalue weighted by atomic mass is 16.3. The monoisotopic (exact) mass is 303 g/mol. The molecule has 8 nitrogen and oxygen atoms in total. The van der Waals surface area contributed by atoms with Crippen LogP contribution in [0, 0.1) is 0 Å². The molecule has 8 heteroatoms. The molecule has 1 aliphatic heterocycles. The van der Waals surface area contributed by atoms with Crippen LogP contribution in [-0.2, 0) is 11.3 Å². The second kappa shape index (κ2) is 5.06. The molecule has 0 aliphatic carbocycles. The first-order valence-electron chi connectivity index (χ1n) is 6.99. The Bertz CT molecular complexity index is 739. The van der Waals surface area contributed by atoms with Crippen LogP contribution in [0.4, 0.5) is 4.79 Å². The van der Waals surface area contributed by atoms with Crippen molar-refractivity contribution in [2.75, 3.05) is 6.54 Å². The Labute approximate surface area is 126 Å². The summed E-state index contributed by atoms with van der Waals surface area (Å²) in [5, 5.41) is 20.7. The summed E-state index contributed by atoms with van der Waals surface area (Å²) in [6.45, 7) is 3.33. The number of carbonyl (C=O) groups excluding carboxylic acids is 2. The molecule has 116 valence electrons. The maximum Gasteiger partial charge on any atom is 0.325 e. The number of rotatable bonds is 4. The number of nitrogens with one attached hydrogen (secondary N) is 1. The molecule has 1 aromatic carbocycles. The first-order chi connectivity index (χ1) is 10.4. The minimum atomic E-state index is -0.934. The lowest BCUT2D eigenvalue weighted by Gasteiger charge is -2.19. The molecule has 2 N–H and O–H groups in total. The Morgan fingerprint density at radius 2 is 2.00 bits per heavy atom. The van der Waals surface area contributed by atoms with E-state index in [1.165, 1.54) is 0 Å². The van der Waals surface area contributed by atoms with Crippen LogP contribution >= 0.6 is 0 Å². The fraction of sp³-hybridized carbons (Fsp3) is 0.429. The second-order valence-electron chi connectivity index (χ2n) is 5.89. The Morgan fingerprint density at radius 1 is 1.27 bits per heavy atom. The molecule has 2 heterocycles. The van der Waals surface area contributed by atoms with Gasteiger partial charge < -0.3 is 10.4 Å². The number of imide groups is 1. The lowest BCUT2D eigenvalue weighted by molar-refractivity contribution is -0.131. The highest BCUT2D eigenvalue weighted by molar-refractivity contribution is 6.06. The van der Waals surface area contributed by atoms with E-state index >= 15 is 0 Å². The lowest BCUT2D eigenvalue weighted by Crippen LogP contribution is -2.42. The summed E-state index contributed by atoms with van der Waals surface area (Å²) in [6.07, 6.45) is -0.922. The second-order valence-corrected chi connectivity index (χ2v) is 5.89. The molecule has 0 saturated carbocycles. The molecule has 1 saturated heterocycles. The van der Waals surface area contributed by atoms with Crippen LogP contribution in [0.3, 0.4) is 0 Å². The van der Waals surface area contributed by atoms with Crippen molar-refractivity contribution >= 4 is 23.0 Å². The summed E-state index contributed by atoms with van der Waals surface area (Å²) in [6, 6.07) is 6.89. The van der Waals surface area contributed by atoms with E-state index in [1.54, 1.807) is 18.5 Å². The number of hydrogen-bond acceptors (Lipinski definition) is 5. The number of aromatic nitrogens is 3. The molecule has 1 aliphatic rings. The zero-order valence-electron chi connectivity index (χ0n) is 12.4. The van der Waals surface area contributed by atoms with Gasteiger partial charge in [0.2, 0.25) is 0 Å². The first kappa shape index (κ1) is 14.5. The molecule has 1 atom stereocenters. The Balaban J connectivity index is 1.72. The van der Waals surface area contributed by atoms with Gasteiger partial charge in [-0.3, -0.25) is 9.69 Å². The molecular formula is C14H17N5O3. The number of nitrogens with zero attached hydrogens (tertiary/aromatic N) is 4. The van der Waals surface area contributed by atoms with Gasteiger partial charge in [0.25, 0.3) is 5.91 Å². The van der Waals surface area contributed by atoms with Crippen LogP contribution in [0.2, 0.25) is 0 Å². The number of amides is 3. The minimum Gasteiger partial charge on any atom is -0.389 e. The smallest absolute Gasteiger partial charge is 0.325 e. The summed E-state index contributed by atoms with van der Waals surface area (Å²) in [5.41, 5.74) is 0.585. The van der Waals surface area contributed by atoms with Gasteiger partial charge in [0.1, 0.15) is 11.1 Å². The molecule has 0 spiro atoms. The molecule has 0 unspecified atom stereocenters. The zero-order chi connectivity index (χ0) is 15.9. The summed E-state index contributed by atoms with van der Waals surface area (Å²) in [7, 11) is 0. The van der Waals surface area contributed by atoms with Crippen molar-refractivity contribution in [3.05, 3.63) is 24.3 Å². The van der Waals surface area contributed by atoms with E-state index in [2.05, 4.69) is 15.6 Å². The van der Waals surface area contributed by atoms with Gasteiger partial charge in [-0.25, -0.2) is 9.48 Å². The first-order valence-corrected chi connectivity index (χ1v) is 6.99. The Hall–Kier alpha value is -2.48. The number of β-amino-alcohol motifs (C(OH)–C–C–N with tert-alkyl or cyclic N) is 1. The van der Waals surface area contributed by atoms with Gasteiger partial charge in [-0.1, -0.05) is 17.3 Å². The third kappa shape index (κ3) is 2.41. The average Bonchev–Trinajstić information content (AvgIpc) is 2.94. The van der Waals surface area contributed by atoms with Gasteiger partial charge in [-0.2, -0.15) is 0 Å². The van der Waals surface area contributed by atoms with E-state index in [9.17, 15) is 14.7 Å². The highest BCUT2D eigenvalue weighted by Crippen LogP contribution is 2.17. The standard InChI is InChI=1S/C14H17N5O3/c1-14(2)12(21)18(13(22)15-14)7-9(20)8-19-11-6-4-3-5-10(11)16-17-19/h3-6,9,20H,7-8H2,1-2H3,(H,15,22)/t9-/m0/s1. The Morgan fingerprint density at radius 3 is 2.68 bits per heavy atom. The van der Waals surface area contributed by atoms with E-state index in [-0.39, 0.29) is 19.0 Å². The molecule has 3 amide bonds. The predicted molar refractivity (Wildman–Crippen MR) is 77.9 cm³/mol. The molecule has 0 radical (unpaired) electrons. The van der Waals surface area contributed by atoms with Gasteiger partial charge >= 0.3 is 6.03 Å². The molecule has 22 heavy (non-hydrogen) atoms. The van der Waals surface area contributed by atoms with Gasteiger partial charge in [0.15, 0.2) is 0 Å². The number of urea groups is 1. The van der Waals surface area contributed by atoms with Crippen molar-refractivity contribution in [1.82, 2.24) is 25.2 Å². The number of para-hydroxylation sites is 1. The maximum absolute atomic E-state index is 12.1. The fourth-order valence-electron chi connectivity index (χ4n) is 2.50. The lowest BCUT2D eigenvalue weighted by atomic mass is 10.1. The van der Waals surface area contributed by atoms with Crippen LogP contribution < -0.4 is 5.32 Å². The largest absolute Gasteiger partial charge is 0.389 e. The van der Waals surface area contributed by atoms with Crippen molar-refractivity contribution in [3.63, 3.8) is 0 Å². The highest BCUT2D eigenvalue weighted by Gasteiger charge is 2.44. The van der Waals surface area contributed by atoms with E-state index in [4.69, 9.17) is 0 Å². The van der Waals surface area contributed by atoms with Crippen LogP contribution in [0.5, 0.6) is 0 Å². The van der Waals surface area contributed by atoms with Gasteiger partial charge in [-0.05, 0) is 26.0 Å². The Kier molecular flexibility index (Phi) is 3.32. The third-order valence-corrected chi connectivity index (χ3v) is 3.64. The van der Waals surface area contributed by atoms with Crippen molar-refractivity contribution < 1.29 is 14.7 Å². The molecule has 1 aromatic heterocycles. The number of hydrogen-bond donors (Lipinski definition) is 2. The normalized spacial score (nSPS) is 18.8. The predicted octanol–water partition coefficient (Wildman–Crippen LogP) is 0.123. The summed E-state index contributed by atoms with van der Waals surface area (Å²) < 4.78 is 1.56. The molecular weight excluding hydrogens is 286 g/mol. The van der Waals surface area contributed by atoms with Crippen LogP contribution in [0.1, 0.15) is 13.8 Å². The zero-order valence-corrected chi connectivity index (χ0v) is 12.4. The van der Waals surface area contributed by atoms with Crippen LogP contribution in [0.15, 0.2) is 24.3 Å². The quantitative estimate of drug-likeness (QED) is 0.782. The van der Waals surface area contributed by atoms with Crippen molar-refractivity contribution in [2.24, 2.45) is 0 Å². The third-order valence-electron chi connectivity index (χ3n) is 3.64. The number of benzene rings is 1. The maximum atomic E-state index is 12.1. The van der Waals surface area contributed by atoms with E-state index in [0.717, 1.165) is 15.9 Å². The van der Waals surface area contributed by atoms with Gasteiger partial charge in [-0.15, -0.1) is 5.10 Å². The summed E-state index contributed by atoms with van der Waals surface area (Å²) in [5.74, 6) is -0.347. The van der Waals surface area contributed by atoms with E-state index in [1.807, 2.05) is 24.3 Å². The SMILES string of the molecule is CC1(C)NC(=O)N(C[C@H](O)Cn2nnc3ccccc32)C1=O. The van der Waals surface area contributed by atoms with Crippen LogP contribution in [-0.4, -0.2) is 55.1 Å². The fourth-order valence-corrected chi connectivity index (χ4v) is 2.50. The van der Waals surface area contributed by atoms with Crippen LogP contribution in [0.25, 0.3) is 11.0 Å². The molecule has 1 fully saturated rings. The van der Waals surface area contributed by atoms with Crippen molar-refractivity contribution in [1.29, 1.82) is 0 Å². The van der Waals surface area contributed by atoms with Gasteiger partial charge in [0, 0.05) is 0 Å². The summed E-state index contributed by atoms with van der Waals surface area (Å²) in [4.78, 5) is 24.9. The molecule has 2 aromatic rings. The molecule has 0 bridgehead atoms. The minimum absolute atomic E-state index is 0.0811. The average molecular weight is 303 g/mol. The van der Waals surface area contributed by atoms with E-state index < -0.39 is 17.7 Å². The molecule has 3 rings (SSSR count). The topological polar surface area (TPSA) is 100 Å². The number of aliphatic hydroxyl groups excluding tert-OH is 1.